The number of fused-ring (bicyclic) bond motifs is 2. The van der Waals surface area contributed by atoms with Gasteiger partial charge in [-0.3, -0.25) is 29.3 Å². The topological polar surface area (TPSA) is 136 Å². The zero-order valence-corrected chi connectivity index (χ0v) is 15.5. The molecule has 0 spiro atoms. The molecule has 0 aromatic heterocycles. The van der Waals surface area contributed by atoms with E-state index >= 15 is 0 Å². The minimum absolute atomic E-state index is 0.0530. The Morgan fingerprint density at radius 1 is 0.967 bits per heavy atom. The molecule has 0 radical (unpaired) electrons. The highest BCUT2D eigenvalue weighted by molar-refractivity contribution is 6.24. The molecule has 9 heteroatoms. The number of anilines is 1. The number of carbonyl (C=O) groups excluding carboxylic acids is 5. The van der Waals surface area contributed by atoms with Gasteiger partial charge in [0.25, 0.3) is 29.5 Å². The molecule has 30 heavy (non-hydrogen) atoms. The molecule has 5 amide bonds. The van der Waals surface area contributed by atoms with Crippen molar-refractivity contribution in [2.24, 2.45) is 0 Å². The summed E-state index contributed by atoms with van der Waals surface area (Å²) in [5, 5.41) is 13.5. The van der Waals surface area contributed by atoms with E-state index < -0.39 is 29.5 Å². The average molecular weight is 400 g/mol. The fourth-order valence-corrected chi connectivity index (χ4v) is 3.31. The van der Waals surface area contributed by atoms with Crippen molar-refractivity contribution < 1.29 is 24.0 Å². The van der Waals surface area contributed by atoms with Crippen LogP contribution in [0.5, 0.6) is 0 Å². The van der Waals surface area contributed by atoms with E-state index in [1.807, 2.05) is 0 Å². The van der Waals surface area contributed by atoms with Crippen LogP contribution in [0.4, 0.5) is 5.69 Å². The van der Waals surface area contributed by atoms with Crippen molar-refractivity contribution in [1.82, 2.24) is 10.2 Å². The highest BCUT2D eigenvalue weighted by Gasteiger charge is 2.37. The molecule has 0 fully saturated rings. The summed E-state index contributed by atoms with van der Waals surface area (Å²) in [6.45, 7) is 1.47. The van der Waals surface area contributed by atoms with Gasteiger partial charge in [0.2, 0.25) is 0 Å². The number of imide groups is 2. The lowest BCUT2D eigenvalue weighted by atomic mass is 10.0. The second-order valence-electron chi connectivity index (χ2n) is 6.62. The van der Waals surface area contributed by atoms with Crippen LogP contribution in [0.25, 0.3) is 0 Å². The van der Waals surface area contributed by atoms with Crippen molar-refractivity contribution >= 4 is 35.2 Å². The molecule has 2 aromatic carbocycles. The van der Waals surface area contributed by atoms with E-state index in [4.69, 9.17) is 5.26 Å². The van der Waals surface area contributed by atoms with Gasteiger partial charge in [0.15, 0.2) is 0 Å². The lowest BCUT2D eigenvalue weighted by Crippen LogP contribution is -2.27. The maximum absolute atomic E-state index is 12.6. The van der Waals surface area contributed by atoms with Crippen molar-refractivity contribution in [2.75, 3.05) is 5.32 Å². The Morgan fingerprint density at radius 3 is 2.37 bits per heavy atom. The van der Waals surface area contributed by atoms with Crippen molar-refractivity contribution in [2.45, 2.75) is 6.92 Å². The Kier molecular flexibility index (Phi) is 4.25. The minimum atomic E-state index is -0.624. The van der Waals surface area contributed by atoms with Gasteiger partial charge >= 0.3 is 0 Å². The van der Waals surface area contributed by atoms with Crippen LogP contribution < -0.4 is 10.6 Å². The smallest absolute Gasteiger partial charge is 0.265 e. The van der Waals surface area contributed by atoms with E-state index in [1.54, 1.807) is 6.07 Å². The first-order chi connectivity index (χ1) is 14.3. The Balaban J connectivity index is 1.61. The molecule has 2 heterocycles. The van der Waals surface area contributed by atoms with Crippen molar-refractivity contribution in [3.63, 3.8) is 0 Å². The number of hydrogen-bond acceptors (Lipinski definition) is 6. The highest BCUT2D eigenvalue weighted by atomic mass is 16.2. The van der Waals surface area contributed by atoms with E-state index in [0.29, 0.717) is 5.69 Å². The number of nitrogens with zero attached hydrogens (tertiary/aromatic N) is 2. The largest absolute Gasteiger partial charge is 0.322 e. The highest BCUT2D eigenvalue weighted by Crippen LogP contribution is 2.27. The van der Waals surface area contributed by atoms with Gasteiger partial charge in [-0.25, -0.2) is 4.90 Å². The number of amides is 5. The molecule has 2 N–H and O–H groups in total. The molecular formula is C21H12N4O5. The van der Waals surface area contributed by atoms with Gasteiger partial charge in [-0.05, 0) is 43.3 Å². The fourth-order valence-electron chi connectivity index (χ4n) is 3.31. The Hall–Kier alpha value is -4.58. The average Bonchev–Trinajstić information content (AvgIpc) is 3.14. The van der Waals surface area contributed by atoms with E-state index in [1.165, 1.54) is 43.3 Å². The molecule has 2 aliphatic heterocycles. The van der Waals surface area contributed by atoms with Gasteiger partial charge in [0.1, 0.15) is 0 Å². The number of allylic oxidation sites excluding steroid dienone is 2. The molecule has 0 aliphatic carbocycles. The zero-order chi connectivity index (χ0) is 21.6. The third-order valence-corrected chi connectivity index (χ3v) is 4.77. The van der Waals surface area contributed by atoms with Crippen LogP contribution in [0.3, 0.4) is 0 Å². The molecule has 0 saturated heterocycles. The number of nitrogens with one attached hydrogen (secondary N) is 2. The number of benzene rings is 2. The van der Waals surface area contributed by atoms with E-state index in [0.717, 1.165) is 11.0 Å². The van der Waals surface area contributed by atoms with Crippen LogP contribution in [0.15, 0.2) is 48.2 Å². The summed E-state index contributed by atoms with van der Waals surface area (Å²) in [5.74, 6) is -2.80. The van der Waals surface area contributed by atoms with Crippen LogP contribution in [-0.2, 0) is 0 Å². The van der Waals surface area contributed by atoms with E-state index in [9.17, 15) is 24.0 Å². The maximum atomic E-state index is 12.6. The van der Waals surface area contributed by atoms with Crippen molar-refractivity contribution in [3.8, 4) is 6.07 Å². The normalized spacial score (nSPS) is 14.9. The summed E-state index contributed by atoms with van der Waals surface area (Å²) >= 11 is 0. The molecule has 146 valence electrons. The number of nitriles is 1. The molecule has 0 unspecified atom stereocenters. The number of carbonyl (C=O) groups is 5. The SMILES string of the molecule is C/C(=C\C#N)N1C(=O)c2ccc(C(=O)Nc3ccc4c(c3)C(=O)NC4=O)cc2C1=O. The van der Waals surface area contributed by atoms with Gasteiger partial charge in [-0.1, -0.05) is 0 Å². The summed E-state index contributed by atoms with van der Waals surface area (Å²) in [5.41, 5.74) is 1.16. The van der Waals surface area contributed by atoms with Crippen molar-refractivity contribution in [1.29, 1.82) is 5.26 Å². The van der Waals surface area contributed by atoms with Crippen LogP contribution in [-0.4, -0.2) is 34.4 Å². The molecule has 0 bridgehead atoms. The predicted octanol–water partition coefficient (Wildman–Crippen LogP) is 1.85. The summed E-state index contributed by atoms with van der Waals surface area (Å²) < 4.78 is 0. The number of rotatable bonds is 3. The second-order valence-corrected chi connectivity index (χ2v) is 6.62. The Bertz CT molecular complexity index is 1270. The molecular weight excluding hydrogens is 388 g/mol. The van der Waals surface area contributed by atoms with Crippen LogP contribution >= 0.6 is 0 Å². The van der Waals surface area contributed by atoms with Gasteiger partial charge in [0, 0.05) is 23.0 Å². The lowest BCUT2D eigenvalue weighted by Gasteiger charge is -2.12. The summed E-state index contributed by atoms with van der Waals surface area (Å²) in [6, 6.07) is 10.1. The van der Waals surface area contributed by atoms with E-state index in [-0.39, 0.29) is 33.5 Å². The lowest BCUT2D eigenvalue weighted by molar-refractivity contribution is 0.0703. The number of hydrogen-bond donors (Lipinski definition) is 2. The molecule has 0 atom stereocenters. The maximum Gasteiger partial charge on any atom is 0.265 e. The quantitative estimate of drug-likeness (QED) is 0.596. The first-order valence-corrected chi connectivity index (χ1v) is 8.72. The van der Waals surface area contributed by atoms with Gasteiger partial charge in [-0.2, -0.15) is 5.26 Å². The minimum Gasteiger partial charge on any atom is -0.322 e. The summed E-state index contributed by atoms with van der Waals surface area (Å²) in [6.07, 6.45) is 1.09. The van der Waals surface area contributed by atoms with Crippen molar-refractivity contribution in [3.05, 3.63) is 76.0 Å². The molecule has 0 saturated carbocycles. The zero-order valence-electron chi connectivity index (χ0n) is 15.5. The molecule has 4 rings (SSSR count). The molecule has 2 aromatic rings. The van der Waals surface area contributed by atoms with Crippen LogP contribution in [0.2, 0.25) is 0 Å². The third kappa shape index (κ3) is 2.84. The third-order valence-electron chi connectivity index (χ3n) is 4.77. The predicted molar refractivity (Wildman–Crippen MR) is 103 cm³/mol. The van der Waals surface area contributed by atoms with Gasteiger partial charge in [-0.15, -0.1) is 0 Å². The van der Waals surface area contributed by atoms with Crippen LogP contribution in [0.1, 0.15) is 58.7 Å². The monoisotopic (exact) mass is 400 g/mol. The molecule has 2 aliphatic rings. The van der Waals surface area contributed by atoms with Gasteiger partial charge in [0.05, 0.1) is 28.3 Å². The summed E-state index contributed by atoms with van der Waals surface area (Å²) in [4.78, 5) is 61.9. The van der Waals surface area contributed by atoms with Gasteiger partial charge < -0.3 is 5.32 Å². The first-order valence-electron chi connectivity index (χ1n) is 8.72. The van der Waals surface area contributed by atoms with E-state index in [2.05, 4.69) is 10.6 Å². The second kappa shape index (κ2) is 6.79. The fraction of sp³-hybridized carbons (Fsp3) is 0.0476. The molecule has 9 nitrogen and oxygen atoms in total. The Labute approximate surface area is 169 Å². The Morgan fingerprint density at radius 2 is 1.63 bits per heavy atom. The van der Waals surface area contributed by atoms with Crippen LogP contribution in [0, 0.1) is 11.3 Å². The first kappa shape index (κ1) is 18.8. The summed E-state index contributed by atoms with van der Waals surface area (Å²) in [7, 11) is 0. The standard InChI is InChI=1S/C21H12N4O5/c1-10(6-7-22)25-20(29)14-4-2-11(8-16(14)21(25)30)17(26)23-12-3-5-13-15(9-12)19(28)24-18(13)27/h2-6,8-9H,1H3,(H,23,26)(H,24,27,28)/b10-6+.